The van der Waals surface area contributed by atoms with Crippen molar-refractivity contribution >= 4 is 33.8 Å². The second kappa shape index (κ2) is 8.44. The molecule has 0 atom stereocenters. The number of aryl methyl sites for hydroxylation is 4. The van der Waals surface area contributed by atoms with E-state index in [-0.39, 0.29) is 29.6 Å². The molecule has 0 bridgehead atoms. The van der Waals surface area contributed by atoms with Crippen LogP contribution in [0.1, 0.15) is 37.4 Å². The third-order valence-electron chi connectivity index (χ3n) is 5.30. The molecule has 4 aromatic rings. The lowest BCUT2D eigenvalue weighted by Crippen LogP contribution is -2.24. The van der Waals surface area contributed by atoms with E-state index in [1.165, 1.54) is 10.9 Å². The van der Waals surface area contributed by atoms with Gasteiger partial charge in [-0.25, -0.2) is 18.7 Å². The number of carbonyl (C=O) groups is 1. The van der Waals surface area contributed by atoms with Crippen LogP contribution in [0.3, 0.4) is 0 Å². The molecule has 0 aliphatic rings. The molecule has 4 aromatic heterocycles. The van der Waals surface area contributed by atoms with E-state index in [2.05, 4.69) is 25.5 Å². The number of anilines is 1. The Hall–Kier alpha value is -3.70. The molecule has 0 saturated heterocycles. The first kappa shape index (κ1) is 21.5. The zero-order valence-corrected chi connectivity index (χ0v) is 17.8. The van der Waals surface area contributed by atoms with Crippen molar-refractivity contribution in [3.8, 4) is 0 Å². The van der Waals surface area contributed by atoms with Crippen LogP contribution in [0.5, 0.6) is 0 Å². The molecule has 12 heteroatoms. The molecule has 4 heterocycles. The number of hydrogen-bond donors (Lipinski definition) is 1. The van der Waals surface area contributed by atoms with Gasteiger partial charge in [-0.05, 0) is 13.3 Å². The molecule has 32 heavy (non-hydrogen) atoms. The second-order valence-corrected chi connectivity index (χ2v) is 7.42. The molecular weight excluding hydrogens is 422 g/mol. The lowest BCUT2D eigenvalue weighted by molar-refractivity contribution is -0.116. The molecule has 0 spiro atoms. The van der Waals surface area contributed by atoms with Crippen LogP contribution in [0.2, 0.25) is 0 Å². The van der Waals surface area contributed by atoms with E-state index < -0.39 is 17.9 Å². The number of alkyl halides is 2. The summed E-state index contributed by atoms with van der Waals surface area (Å²) in [7, 11) is 1.72. The van der Waals surface area contributed by atoms with E-state index in [0.717, 1.165) is 12.5 Å². The monoisotopic (exact) mass is 444 g/mol. The van der Waals surface area contributed by atoms with Gasteiger partial charge in [-0.1, -0.05) is 6.92 Å². The highest BCUT2D eigenvalue weighted by Gasteiger charge is 2.22. The number of nitrogens with one attached hydrogen (secondary N) is 1. The summed E-state index contributed by atoms with van der Waals surface area (Å²) in [6, 6.07) is 0.930. The smallest absolute Gasteiger partial charge is 0.264 e. The van der Waals surface area contributed by atoms with Crippen molar-refractivity contribution in [1.82, 2.24) is 34.1 Å². The number of aromatic nitrogens is 7. The van der Waals surface area contributed by atoms with Crippen LogP contribution in [0, 0.1) is 6.92 Å². The summed E-state index contributed by atoms with van der Waals surface area (Å²) in [5.41, 5.74) is 0.315. The van der Waals surface area contributed by atoms with Crippen LogP contribution in [0.15, 0.2) is 23.4 Å². The fourth-order valence-corrected chi connectivity index (χ4v) is 3.73. The molecular formula is C20H22F2N8O2. The van der Waals surface area contributed by atoms with Crippen LogP contribution in [0.25, 0.3) is 22.1 Å². The Kier molecular flexibility index (Phi) is 5.68. The van der Waals surface area contributed by atoms with Crippen molar-refractivity contribution in [3.05, 3.63) is 40.2 Å². The molecule has 4 rings (SSSR count). The zero-order chi connectivity index (χ0) is 23.0. The molecule has 0 aromatic carbocycles. The standard InChI is InChI=1S/C20H22F2N8O2/c1-4-6-30-11(2)16-12(17(21)22)8-15(32)29(20(16)27-30)7-5-14(31)26-18-13-9-25-28(3)19(13)24-10-23-18/h8-10,17H,4-7H2,1-3H3,(H,23,24,26,31). The summed E-state index contributed by atoms with van der Waals surface area (Å²) in [6.07, 6.45) is 0.744. The lowest BCUT2D eigenvalue weighted by atomic mass is 10.1. The van der Waals surface area contributed by atoms with Gasteiger partial charge in [-0.2, -0.15) is 10.2 Å². The summed E-state index contributed by atoms with van der Waals surface area (Å²) in [4.78, 5) is 33.4. The average Bonchev–Trinajstić information content (AvgIpc) is 3.28. The molecule has 0 aliphatic heterocycles. The van der Waals surface area contributed by atoms with Crippen LogP contribution >= 0.6 is 0 Å². The third-order valence-corrected chi connectivity index (χ3v) is 5.30. The Morgan fingerprint density at radius 2 is 2.00 bits per heavy atom. The molecule has 1 amide bonds. The predicted molar refractivity (Wildman–Crippen MR) is 114 cm³/mol. The van der Waals surface area contributed by atoms with Gasteiger partial charge < -0.3 is 5.32 Å². The molecule has 1 N–H and O–H groups in total. The van der Waals surface area contributed by atoms with Gasteiger partial charge in [0.1, 0.15) is 12.1 Å². The lowest BCUT2D eigenvalue weighted by Gasteiger charge is -2.10. The molecule has 0 fully saturated rings. The maximum Gasteiger partial charge on any atom is 0.264 e. The first-order chi connectivity index (χ1) is 15.3. The van der Waals surface area contributed by atoms with E-state index >= 15 is 0 Å². The molecule has 0 unspecified atom stereocenters. The Balaban J connectivity index is 1.63. The minimum Gasteiger partial charge on any atom is -0.310 e. The number of nitrogens with zero attached hydrogens (tertiary/aromatic N) is 7. The second-order valence-electron chi connectivity index (χ2n) is 7.42. The predicted octanol–water partition coefficient (Wildman–Crippen LogP) is 2.56. The normalized spacial score (nSPS) is 11.7. The summed E-state index contributed by atoms with van der Waals surface area (Å²) in [6.45, 7) is 4.16. The number of rotatable bonds is 7. The van der Waals surface area contributed by atoms with Crippen molar-refractivity contribution < 1.29 is 13.6 Å². The van der Waals surface area contributed by atoms with Crippen LogP contribution in [0.4, 0.5) is 14.6 Å². The summed E-state index contributed by atoms with van der Waals surface area (Å²) in [5, 5.41) is 12.0. The van der Waals surface area contributed by atoms with Gasteiger partial charge in [-0.15, -0.1) is 0 Å². The summed E-state index contributed by atoms with van der Waals surface area (Å²) < 4.78 is 31.6. The topological polar surface area (TPSA) is 113 Å². The SMILES string of the molecule is CCCn1nc2c(c(C(F)F)cc(=O)n2CCC(=O)Nc2ncnc3c2cnn3C)c1C. The fourth-order valence-electron chi connectivity index (χ4n) is 3.73. The highest BCUT2D eigenvalue weighted by atomic mass is 19.3. The Bertz CT molecular complexity index is 1370. The van der Waals surface area contributed by atoms with E-state index in [9.17, 15) is 18.4 Å². The molecule has 10 nitrogen and oxygen atoms in total. The maximum atomic E-state index is 13.6. The third kappa shape index (κ3) is 3.72. The van der Waals surface area contributed by atoms with Gasteiger partial charge in [0.15, 0.2) is 11.3 Å². The highest BCUT2D eigenvalue weighted by Crippen LogP contribution is 2.29. The Labute approximate surface area is 180 Å². The van der Waals surface area contributed by atoms with Gasteiger partial charge in [0.05, 0.1) is 11.6 Å². The molecule has 0 saturated carbocycles. The average molecular weight is 444 g/mol. The number of pyridine rings is 1. The quantitative estimate of drug-likeness (QED) is 0.469. The van der Waals surface area contributed by atoms with Crippen molar-refractivity contribution in [2.45, 2.75) is 46.2 Å². The molecule has 0 radical (unpaired) electrons. The number of hydrogen-bond acceptors (Lipinski definition) is 6. The van der Waals surface area contributed by atoms with Gasteiger partial charge in [-0.3, -0.25) is 23.5 Å². The van der Waals surface area contributed by atoms with Gasteiger partial charge in [0.2, 0.25) is 5.91 Å². The number of carbonyl (C=O) groups excluding carboxylic acids is 1. The van der Waals surface area contributed by atoms with E-state index in [1.807, 2.05) is 6.92 Å². The van der Waals surface area contributed by atoms with Crippen molar-refractivity contribution in [1.29, 1.82) is 0 Å². The Morgan fingerprint density at radius 1 is 1.22 bits per heavy atom. The molecule has 0 aliphatic carbocycles. The van der Waals surface area contributed by atoms with Crippen molar-refractivity contribution in [2.24, 2.45) is 7.05 Å². The number of fused-ring (bicyclic) bond motifs is 2. The fraction of sp³-hybridized carbons (Fsp3) is 0.400. The molecule has 168 valence electrons. The number of halogens is 2. The number of amides is 1. The first-order valence-corrected chi connectivity index (χ1v) is 10.1. The van der Waals surface area contributed by atoms with Gasteiger partial charge >= 0.3 is 0 Å². The van der Waals surface area contributed by atoms with Crippen molar-refractivity contribution in [2.75, 3.05) is 5.32 Å². The zero-order valence-electron chi connectivity index (χ0n) is 17.8. The van der Waals surface area contributed by atoms with Crippen LogP contribution < -0.4 is 10.9 Å². The van der Waals surface area contributed by atoms with E-state index in [4.69, 9.17) is 0 Å². The van der Waals surface area contributed by atoms with Crippen molar-refractivity contribution in [3.63, 3.8) is 0 Å². The first-order valence-electron chi connectivity index (χ1n) is 10.1. The largest absolute Gasteiger partial charge is 0.310 e. The Morgan fingerprint density at radius 3 is 2.72 bits per heavy atom. The van der Waals surface area contributed by atoms with Gasteiger partial charge in [0.25, 0.3) is 12.0 Å². The van der Waals surface area contributed by atoms with E-state index in [0.29, 0.717) is 29.1 Å². The minimum atomic E-state index is -2.80. The van der Waals surface area contributed by atoms with Crippen LogP contribution in [-0.2, 0) is 24.9 Å². The maximum absolute atomic E-state index is 13.6. The summed E-state index contributed by atoms with van der Waals surface area (Å²) >= 11 is 0. The van der Waals surface area contributed by atoms with Crippen LogP contribution in [-0.4, -0.2) is 40.0 Å². The highest BCUT2D eigenvalue weighted by molar-refractivity contribution is 5.98. The summed E-state index contributed by atoms with van der Waals surface area (Å²) in [5.74, 6) is -0.0849. The van der Waals surface area contributed by atoms with Gasteiger partial charge in [0, 0.05) is 49.3 Å². The minimum absolute atomic E-state index is 0.0193. The van der Waals surface area contributed by atoms with E-state index in [1.54, 1.807) is 29.5 Å².